The lowest BCUT2D eigenvalue weighted by atomic mass is 9.98. The molecule has 0 radical (unpaired) electrons. The molecule has 0 unspecified atom stereocenters. The van der Waals surface area contributed by atoms with Gasteiger partial charge >= 0.3 is 0 Å². The zero-order valence-electron chi connectivity index (χ0n) is 21.3. The van der Waals surface area contributed by atoms with Gasteiger partial charge in [0.15, 0.2) is 0 Å². The second-order valence-corrected chi connectivity index (χ2v) is 9.29. The second kappa shape index (κ2) is 10.3. The van der Waals surface area contributed by atoms with Gasteiger partial charge in [0, 0.05) is 22.3 Å². The molecule has 5 aromatic carbocycles. The van der Waals surface area contributed by atoms with Crippen LogP contribution in [0, 0.1) is 0 Å². The third kappa shape index (κ3) is 4.70. The first kappa shape index (κ1) is 23.5. The highest BCUT2D eigenvalue weighted by Gasteiger charge is 2.12. The zero-order valence-corrected chi connectivity index (χ0v) is 21.3. The van der Waals surface area contributed by atoms with Crippen molar-refractivity contribution in [3.8, 4) is 68.1 Å². The van der Waals surface area contributed by atoms with Crippen molar-refractivity contribution in [2.45, 2.75) is 0 Å². The summed E-state index contributed by atoms with van der Waals surface area (Å²) in [5.41, 5.74) is 7.99. The summed E-state index contributed by atoms with van der Waals surface area (Å²) in [7, 11) is 0. The number of benzene rings is 5. The topological polar surface area (TPSA) is 77.8 Å². The molecule has 0 aliphatic heterocycles. The number of hydrogen-bond acceptors (Lipinski definition) is 6. The Bertz CT molecular complexity index is 1740. The van der Waals surface area contributed by atoms with Crippen LogP contribution in [0.3, 0.4) is 0 Å². The van der Waals surface area contributed by atoms with E-state index in [-0.39, 0.29) is 0 Å². The number of hydrogen-bond donors (Lipinski definition) is 0. The predicted octanol–water partition coefficient (Wildman–Crippen LogP) is 8.45. The summed E-state index contributed by atoms with van der Waals surface area (Å²) in [5, 5.41) is 16.9. The number of nitrogens with zero attached hydrogens (tertiary/aromatic N) is 4. The van der Waals surface area contributed by atoms with Crippen LogP contribution in [0.1, 0.15) is 0 Å². The van der Waals surface area contributed by atoms with Gasteiger partial charge < -0.3 is 8.83 Å². The molecule has 6 nitrogen and oxygen atoms in total. The average Bonchev–Trinajstić information content (AvgIpc) is 3.74. The van der Waals surface area contributed by atoms with E-state index in [0.717, 1.165) is 44.5 Å². The number of aromatic nitrogens is 4. The van der Waals surface area contributed by atoms with Crippen molar-refractivity contribution in [3.05, 3.63) is 133 Å². The summed E-state index contributed by atoms with van der Waals surface area (Å²) < 4.78 is 11.8. The quantitative estimate of drug-likeness (QED) is 0.220. The minimum Gasteiger partial charge on any atom is -0.416 e. The van der Waals surface area contributed by atoms with Crippen LogP contribution in [0.15, 0.2) is 142 Å². The fourth-order valence-corrected chi connectivity index (χ4v) is 4.56. The summed E-state index contributed by atoms with van der Waals surface area (Å²) in [5.74, 6) is 2.01. The van der Waals surface area contributed by atoms with E-state index in [4.69, 9.17) is 8.83 Å². The van der Waals surface area contributed by atoms with Crippen molar-refractivity contribution in [3.63, 3.8) is 0 Å². The lowest BCUT2D eigenvalue weighted by Gasteiger charge is -2.07. The third-order valence-electron chi connectivity index (χ3n) is 6.68. The normalized spacial score (nSPS) is 11.0. The SMILES string of the molecule is c1ccc(-c2nnc(-c3ccc(-c4cccc(-c5ccc(-c6nnc(-c7ccccc7)o6)cc5)c4)cc3)o2)cc1. The maximum Gasteiger partial charge on any atom is 0.248 e. The Balaban J connectivity index is 1.09. The van der Waals surface area contributed by atoms with Gasteiger partial charge in [-0.1, -0.05) is 78.9 Å². The highest BCUT2D eigenvalue weighted by atomic mass is 16.4. The highest BCUT2D eigenvalue weighted by Crippen LogP contribution is 2.31. The monoisotopic (exact) mass is 518 g/mol. The van der Waals surface area contributed by atoms with Crippen LogP contribution in [0.25, 0.3) is 68.1 Å². The smallest absolute Gasteiger partial charge is 0.248 e. The van der Waals surface area contributed by atoms with E-state index < -0.39 is 0 Å². The third-order valence-corrected chi connectivity index (χ3v) is 6.68. The first-order valence-corrected chi connectivity index (χ1v) is 12.9. The van der Waals surface area contributed by atoms with Gasteiger partial charge in [-0.25, -0.2) is 0 Å². The molecule has 0 amide bonds. The molecule has 7 rings (SSSR count). The molecule has 0 aliphatic carbocycles. The standard InChI is InChI=1S/C34H22N4O2/c1-3-8-25(9-4-1)31-35-37-33(39-31)27-18-14-23(15-19-27)29-12-7-13-30(22-29)24-16-20-28(21-17-24)34-38-36-32(40-34)26-10-5-2-6-11-26/h1-22H. The Morgan fingerprint density at radius 2 is 0.575 bits per heavy atom. The molecule has 6 heteroatoms. The molecule has 0 spiro atoms. The van der Waals surface area contributed by atoms with Crippen molar-refractivity contribution in [1.82, 2.24) is 20.4 Å². The van der Waals surface area contributed by atoms with E-state index in [2.05, 4.69) is 68.9 Å². The Morgan fingerprint density at radius 3 is 0.950 bits per heavy atom. The van der Waals surface area contributed by atoms with Gasteiger partial charge in [0.2, 0.25) is 23.6 Å². The maximum atomic E-state index is 5.91. The Kier molecular flexibility index (Phi) is 6.03. The Labute approximate surface area is 230 Å². The van der Waals surface area contributed by atoms with E-state index >= 15 is 0 Å². The zero-order chi connectivity index (χ0) is 26.7. The van der Waals surface area contributed by atoms with Gasteiger partial charge in [0.25, 0.3) is 0 Å². The van der Waals surface area contributed by atoms with E-state index in [0.29, 0.717) is 23.6 Å². The van der Waals surface area contributed by atoms with Crippen LogP contribution in [0.2, 0.25) is 0 Å². The molecule has 0 atom stereocenters. The van der Waals surface area contributed by atoms with Crippen molar-refractivity contribution in [2.24, 2.45) is 0 Å². The van der Waals surface area contributed by atoms with E-state index in [9.17, 15) is 0 Å². The molecule has 2 aromatic heterocycles. The lowest BCUT2D eigenvalue weighted by molar-refractivity contribution is 0.584. The Morgan fingerprint density at radius 1 is 0.275 bits per heavy atom. The first-order valence-electron chi connectivity index (χ1n) is 12.9. The van der Waals surface area contributed by atoms with Crippen LogP contribution >= 0.6 is 0 Å². The molecule has 7 aromatic rings. The molecule has 0 bridgehead atoms. The van der Waals surface area contributed by atoms with Crippen LogP contribution in [0.4, 0.5) is 0 Å². The van der Waals surface area contributed by atoms with Crippen LogP contribution < -0.4 is 0 Å². The number of rotatable bonds is 6. The fraction of sp³-hybridized carbons (Fsp3) is 0. The molecule has 0 saturated carbocycles. The van der Waals surface area contributed by atoms with E-state index in [1.165, 1.54) is 0 Å². The van der Waals surface area contributed by atoms with Crippen molar-refractivity contribution >= 4 is 0 Å². The molecular weight excluding hydrogens is 496 g/mol. The van der Waals surface area contributed by atoms with Gasteiger partial charge in [0.1, 0.15) is 0 Å². The fourth-order valence-electron chi connectivity index (χ4n) is 4.56. The largest absolute Gasteiger partial charge is 0.416 e. The van der Waals surface area contributed by atoms with Gasteiger partial charge in [-0.05, 0) is 76.9 Å². The first-order chi connectivity index (χ1) is 19.8. The van der Waals surface area contributed by atoms with Gasteiger partial charge in [-0.3, -0.25) is 0 Å². The van der Waals surface area contributed by atoms with Crippen molar-refractivity contribution in [2.75, 3.05) is 0 Å². The van der Waals surface area contributed by atoms with Gasteiger partial charge in [-0.15, -0.1) is 20.4 Å². The lowest BCUT2D eigenvalue weighted by Crippen LogP contribution is -1.84. The molecule has 0 saturated heterocycles. The summed E-state index contributed by atoms with van der Waals surface area (Å²) >= 11 is 0. The van der Waals surface area contributed by atoms with Crippen molar-refractivity contribution < 1.29 is 8.83 Å². The minimum atomic E-state index is 0.497. The van der Waals surface area contributed by atoms with Crippen LogP contribution in [-0.2, 0) is 0 Å². The molecule has 190 valence electrons. The Hall–Kier alpha value is -5.62. The second-order valence-electron chi connectivity index (χ2n) is 9.29. The molecule has 0 N–H and O–H groups in total. The predicted molar refractivity (Wildman–Crippen MR) is 155 cm³/mol. The van der Waals surface area contributed by atoms with Crippen molar-refractivity contribution in [1.29, 1.82) is 0 Å². The van der Waals surface area contributed by atoms with Crippen LogP contribution in [0.5, 0.6) is 0 Å². The molecule has 2 heterocycles. The molecule has 0 fully saturated rings. The van der Waals surface area contributed by atoms with E-state index in [1.807, 2.05) is 84.9 Å². The van der Waals surface area contributed by atoms with E-state index in [1.54, 1.807) is 0 Å². The van der Waals surface area contributed by atoms with Gasteiger partial charge in [-0.2, -0.15) is 0 Å². The summed E-state index contributed by atoms with van der Waals surface area (Å²) in [6.45, 7) is 0. The maximum absolute atomic E-state index is 5.91. The van der Waals surface area contributed by atoms with Crippen LogP contribution in [-0.4, -0.2) is 20.4 Å². The highest BCUT2D eigenvalue weighted by molar-refractivity contribution is 5.75. The minimum absolute atomic E-state index is 0.497. The summed E-state index contributed by atoms with van der Waals surface area (Å²) in [6.07, 6.45) is 0. The summed E-state index contributed by atoms with van der Waals surface area (Å²) in [6, 6.07) is 44.3. The average molecular weight is 519 g/mol. The van der Waals surface area contributed by atoms with Gasteiger partial charge in [0.05, 0.1) is 0 Å². The molecule has 40 heavy (non-hydrogen) atoms. The summed E-state index contributed by atoms with van der Waals surface area (Å²) in [4.78, 5) is 0. The molecular formula is C34H22N4O2. The molecule has 0 aliphatic rings.